The molecule has 3 nitrogen and oxygen atoms in total. The second kappa shape index (κ2) is 2.64. The van der Waals surface area contributed by atoms with Crippen LogP contribution in [0.4, 0.5) is 4.79 Å². The molecule has 1 fully saturated rings. The Bertz CT molecular complexity index is 195. The number of amides is 2. The van der Waals surface area contributed by atoms with Gasteiger partial charge in [0.05, 0.1) is 11.1 Å². The second-order valence-corrected chi connectivity index (χ2v) is 3.99. The molecule has 3 heteroatoms. The minimum absolute atomic E-state index is 0.0382. The van der Waals surface area contributed by atoms with Crippen molar-refractivity contribution < 1.29 is 4.79 Å². The number of hydrogen-bond acceptors (Lipinski definition) is 1. The first-order valence-electron chi connectivity index (χ1n) is 4.58. The molecule has 0 aliphatic carbocycles. The number of carbonyl (C=O) groups excluding carboxylic acids is 1. The van der Waals surface area contributed by atoms with Crippen LogP contribution in [0.15, 0.2) is 0 Å². The van der Waals surface area contributed by atoms with Crippen molar-refractivity contribution in [2.45, 2.75) is 51.6 Å². The summed E-state index contributed by atoms with van der Waals surface area (Å²) in [5, 5.41) is 5.94. The minimum Gasteiger partial charge on any atom is -0.331 e. The molecule has 2 N–H and O–H groups in total. The first-order chi connectivity index (χ1) is 5.47. The fourth-order valence-electron chi connectivity index (χ4n) is 2.12. The predicted octanol–water partition coefficient (Wildman–Crippen LogP) is 1.64. The third kappa shape index (κ3) is 1.08. The molecule has 0 spiro atoms. The number of urea groups is 1. The van der Waals surface area contributed by atoms with Gasteiger partial charge in [0.25, 0.3) is 0 Å². The van der Waals surface area contributed by atoms with Crippen LogP contribution < -0.4 is 10.6 Å². The highest BCUT2D eigenvalue weighted by molar-refractivity contribution is 5.79. The van der Waals surface area contributed by atoms with Gasteiger partial charge in [-0.15, -0.1) is 0 Å². The van der Waals surface area contributed by atoms with E-state index >= 15 is 0 Å². The average molecular weight is 170 g/mol. The smallest absolute Gasteiger partial charge is 0.315 e. The molecule has 0 unspecified atom stereocenters. The van der Waals surface area contributed by atoms with Gasteiger partial charge in [-0.05, 0) is 26.7 Å². The van der Waals surface area contributed by atoms with Crippen LogP contribution in [0, 0.1) is 0 Å². The number of carbonyl (C=O) groups is 1. The lowest BCUT2D eigenvalue weighted by Gasteiger charge is -2.38. The van der Waals surface area contributed by atoms with Gasteiger partial charge in [0.2, 0.25) is 0 Å². The zero-order chi connectivity index (χ0) is 9.41. The van der Waals surface area contributed by atoms with E-state index in [0.717, 1.165) is 12.8 Å². The minimum atomic E-state index is -0.131. The highest BCUT2D eigenvalue weighted by atomic mass is 16.2. The molecule has 1 heterocycles. The summed E-state index contributed by atoms with van der Waals surface area (Å²) in [7, 11) is 0. The van der Waals surface area contributed by atoms with Gasteiger partial charge in [-0.2, -0.15) is 0 Å². The Balaban J connectivity index is 2.94. The predicted molar refractivity (Wildman–Crippen MR) is 49.1 cm³/mol. The maximum atomic E-state index is 11.2. The van der Waals surface area contributed by atoms with Crippen LogP contribution >= 0.6 is 0 Å². The van der Waals surface area contributed by atoms with Crippen LogP contribution in [0.25, 0.3) is 0 Å². The van der Waals surface area contributed by atoms with Gasteiger partial charge in [0.1, 0.15) is 0 Å². The molecule has 12 heavy (non-hydrogen) atoms. The van der Waals surface area contributed by atoms with Gasteiger partial charge < -0.3 is 10.6 Å². The third-order valence-electron chi connectivity index (χ3n) is 3.18. The van der Waals surface area contributed by atoms with E-state index in [4.69, 9.17) is 0 Å². The van der Waals surface area contributed by atoms with Crippen molar-refractivity contribution >= 4 is 6.03 Å². The van der Waals surface area contributed by atoms with Crippen LogP contribution in [0.5, 0.6) is 0 Å². The Kier molecular flexibility index (Phi) is 2.06. The van der Waals surface area contributed by atoms with E-state index in [2.05, 4.69) is 38.3 Å². The molecule has 70 valence electrons. The van der Waals surface area contributed by atoms with Crippen molar-refractivity contribution in [1.29, 1.82) is 0 Å². The van der Waals surface area contributed by atoms with E-state index in [-0.39, 0.29) is 17.1 Å². The molecule has 1 aliphatic heterocycles. The van der Waals surface area contributed by atoms with E-state index in [1.54, 1.807) is 0 Å². The summed E-state index contributed by atoms with van der Waals surface area (Å²) in [5.74, 6) is 0. The first-order valence-corrected chi connectivity index (χ1v) is 4.58. The summed E-state index contributed by atoms with van der Waals surface area (Å²) in [6.07, 6.45) is 1.94. The average Bonchev–Trinajstić information content (AvgIpc) is 2.20. The quantitative estimate of drug-likeness (QED) is 0.650. The molecule has 0 atom stereocenters. The lowest BCUT2D eigenvalue weighted by molar-refractivity contribution is 0.227. The standard InChI is InChI=1S/C9H18N2O/c1-5-9(6-2)8(3,4)10-7(12)11-9/h5-6H2,1-4H3,(H2,10,11,12). The van der Waals surface area contributed by atoms with E-state index in [9.17, 15) is 4.79 Å². The lowest BCUT2D eigenvalue weighted by atomic mass is 9.77. The molecule has 1 saturated heterocycles. The van der Waals surface area contributed by atoms with Crippen LogP contribution in [-0.4, -0.2) is 17.1 Å². The highest BCUT2D eigenvalue weighted by Crippen LogP contribution is 2.32. The Labute approximate surface area is 73.9 Å². The molecule has 1 rings (SSSR count). The molecule has 0 bridgehead atoms. The Hall–Kier alpha value is -0.730. The summed E-state index contributed by atoms with van der Waals surface area (Å²) in [6.45, 7) is 8.35. The van der Waals surface area contributed by atoms with Gasteiger partial charge in [0, 0.05) is 0 Å². The molecular weight excluding hydrogens is 152 g/mol. The highest BCUT2D eigenvalue weighted by Gasteiger charge is 2.49. The van der Waals surface area contributed by atoms with Crippen LogP contribution in [-0.2, 0) is 0 Å². The zero-order valence-electron chi connectivity index (χ0n) is 8.32. The maximum absolute atomic E-state index is 11.2. The Morgan fingerprint density at radius 1 is 1.17 bits per heavy atom. The third-order valence-corrected chi connectivity index (χ3v) is 3.18. The summed E-state index contributed by atoms with van der Waals surface area (Å²) in [5.41, 5.74) is -0.197. The van der Waals surface area contributed by atoms with Gasteiger partial charge >= 0.3 is 6.03 Å². The van der Waals surface area contributed by atoms with Gasteiger partial charge in [-0.25, -0.2) is 4.79 Å². The van der Waals surface area contributed by atoms with E-state index in [1.165, 1.54) is 0 Å². The molecule has 0 saturated carbocycles. The van der Waals surface area contributed by atoms with Gasteiger partial charge in [0.15, 0.2) is 0 Å². The summed E-state index contributed by atoms with van der Waals surface area (Å²) in [6, 6.07) is -0.0382. The number of rotatable bonds is 2. The summed E-state index contributed by atoms with van der Waals surface area (Å²) >= 11 is 0. The molecule has 0 aromatic carbocycles. The van der Waals surface area contributed by atoms with Crippen molar-refractivity contribution in [3.8, 4) is 0 Å². The number of nitrogens with one attached hydrogen (secondary N) is 2. The fraction of sp³-hybridized carbons (Fsp3) is 0.889. The molecule has 0 radical (unpaired) electrons. The van der Waals surface area contributed by atoms with E-state index in [1.807, 2.05) is 0 Å². The topological polar surface area (TPSA) is 41.1 Å². The number of hydrogen-bond donors (Lipinski definition) is 2. The normalized spacial score (nSPS) is 24.8. The summed E-state index contributed by atoms with van der Waals surface area (Å²) in [4.78, 5) is 11.2. The maximum Gasteiger partial charge on any atom is 0.315 e. The van der Waals surface area contributed by atoms with Crippen molar-refractivity contribution in [3.05, 3.63) is 0 Å². The van der Waals surface area contributed by atoms with Crippen molar-refractivity contribution in [3.63, 3.8) is 0 Å². The monoisotopic (exact) mass is 170 g/mol. The molecule has 2 amide bonds. The van der Waals surface area contributed by atoms with Crippen molar-refractivity contribution in [1.82, 2.24) is 10.6 Å². The van der Waals surface area contributed by atoms with Gasteiger partial charge in [-0.1, -0.05) is 13.8 Å². The van der Waals surface area contributed by atoms with E-state index < -0.39 is 0 Å². The van der Waals surface area contributed by atoms with Crippen molar-refractivity contribution in [2.75, 3.05) is 0 Å². The van der Waals surface area contributed by atoms with Gasteiger partial charge in [-0.3, -0.25) is 0 Å². The Morgan fingerprint density at radius 3 is 1.83 bits per heavy atom. The molecule has 0 aromatic rings. The second-order valence-electron chi connectivity index (χ2n) is 3.99. The SMILES string of the molecule is CCC1(CC)NC(=O)NC1(C)C. The Morgan fingerprint density at radius 2 is 1.67 bits per heavy atom. The van der Waals surface area contributed by atoms with Crippen LogP contribution in [0.3, 0.4) is 0 Å². The summed E-state index contributed by atoms with van der Waals surface area (Å²) < 4.78 is 0. The van der Waals surface area contributed by atoms with Crippen LogP contribution in [0.2, 0.25) is 0 Å². The van der Waals surface area contributed by atoms with E-state index in [0.29, 0.717) is 0 Å². The lowest BCUT2D eigenvalue weighted by Crippen LogP contribution is -2.55. The van der Waals surface area contributed by atoms with Crippen molar-refractivity contribution in [2.24, 2.45) is 0 Å². The fourth-order valence-corrected chi connectivity index (χ4v) is 2.12. The molecular formula is C9H18N2O. The molecule has 1 aliphatic rings. The molecule has 0 aromatic heterocycles. The largest absolute Gasteiger partial charge is 0.331 e. The first kappa shape index (κ1) is 9.36. The van der Waals surface area contributed by atoms with Crippen LogP contribution in [0.1, 0.15) is 40.5 Å². The zero-order valence-corrected chi connectivity index (χ0v) is 8.32.